The number of hydrogen-bond acceptors (Lipinski definition) is 3. The normalized spacial score (nSPS) is 38.8. The Bertz CT molecular complexity index is 430. The van der Waals surface area contributed by atoms with Crippen molar-refractivity contribution in [2.45, 2.75) is 65.0 Å². The maximum atomic E-state index is 12.3. The topological polar surface area (TPSA) is 49.4 Å². The minimum Gasteiger partial charge on any atom is -0.297 e. The van der Waals surface area contributed by atoms with Gasteiger partial charge in [0.05, 0.1) is 0 Å². The van der Waals surface area contributed by atoms with Crippen LogP contribution in [0.5, 0.6) is 0 Å². The van der Waals surface area contributed by atoms with Crippen LogP contribution in [0, 0.1) is 17.3 Å². The fourth-order valence-corrected chi connectivity index (χ4v) is 4.38. The summed E-state index contributed by atoms with van der Waals surface area (Å²) < 4.78 is 0. The van der Waals surface area contributed by atoms with Crippen LogP contribution in [0.2, 0.25) is 0 Å². The average Bonchev–Trinajstić information content (AvgIpc) is 3.10. The van der Waals surface area contributed by atoms with E-state index < -0.39 is 0 Å². The van der Waals surface area contributed by atoms with Crippen molar-refractivity contribution in [3.63, 3.8) is 0 Å². The quantitative estimate of drug-likeness (QED) is 0.803. The molecule has 3 rings (SSSR count). The Balaban J connectivity index is 1.86. The van der Waals surface area contributed by atoms with E-state index in [4.69, 9.17) is 0 Å². The summed E-state index contributed by atoms with van der Waals surface area (Å²) in [7, 11) is 0. The molecule has 1 N–H and O–H groups in total. The first-order valence-corrected chi connectivity index (χ1v) is 8.01. The summed E-state index contributed by atoms with van der Waals surface area (Å²) in [4.78, 5) is 26.8. The van der Waals surface area contributed by atoms with Crippen LogP contribution < -0.4 is 5.32 Å². The number of amides is 2. The molecule has 0 aromatic rings. The molecule has 3 fully saturated rings. The Morgan fingerprint density at radius 1 is 1.35 bits per heavy atom. The Hall–Kier alpha value is -0.900. The van der Waals surface area contributed by atoms with E-state index in [-0.39, 0.29) is 23.1 Å². The third kappa shape index (κ3) is 2.39. The number of imide groups is 1. The molecule has 4 heteroatoms. The van der Waals surface area contributed by atoms with Gasteiger partial charge in [-0.15, -0.1) is 0 Å². The molecule has 2 heterocycles. The highest BCUT2D eigenvalue weighted by Gasteiger charge is 2.55. The van der Waals surface area contributed by atoms with Crippen LogP contribution in [0.1, 0.15) is 52.9 Å². The van der Waals surface area contributed by atoms with Gasteiger partial charge in [-0.05, 0) is 38.5 Å². The van der Waals surface area contributed by atoms with E-state index in [2.05, 4.69) is 31.0 Å². The van der Waals surface area contributed by atoms with Gasteiger partial charge in [-0.3, -0.25) is 19.8 Å². The maximum Gasteiger partial charge on any atom is 0.230 e. The van der Waals surface area contributed by atoms with Gasteiger partial charge in [-0.1, -0.05) is 13.8 Å². The SMILES string of the molecule is CC(C)CC1C(=O)NC(=O)CC12CC(C)N(C1CC1)C2. The lowest BCUT2D eigenvalue weighted by Crippen LogP contribution is -2.53. The molecule has 2 amide bonds. The first-order chi connectivity index (χ1) is 9.41. The molecule has 0 aromatic carbocycles. The summed E-state index contributed by atoms with van der Waals surface area (Å²) in [6, 6.07) is 1.22. The van der Waals surface area contributed by atoms with Gasteiger partial charge in [0, 0.05) is 36.4 Å². The Morgan fingerprint density at radius 2 is 2.05 bits per heavy atom. The van der Waals surface area contributed by atoms with E-state index in [1.807, 2.05) is 0 Å². The molecule has 3 atom stereocenters. The monoisotopic (exact) mass is 278 g/mol. The van der Waals surface area contributed by atoms with Crippen LogP contribution in [0.4, 0.5) is 0 Å². The molecule has 20 heavy (non-hydrogen) atoms. The van der Waals surface area contributed by atoms with Crippen molar-refractivity contribution < 1.29 is 9.59 Å². The van der Waals surface area contributed by atoms with E-state index in [1.165, 1.54) is 12.8 Å². The molecule has 112 valence electrons. The number of nitrogens with zero attached hydrogens (tertiary/aromatic N) is 1. The second-order valence-corrected chi connectivity index (χ2v) is 7.59. The number of rotatable bonds is 3. The molecule has 1 spiro atoms. The van der Waals surface area contributed by atoms with E-state index in [1.54, 1.807) is 0 Å². The summed E-state index contributed by atoms with van der Waals surface area (Å²) in [5.41, 5.74) is -0.105. The minimum absolute atomic E-state index is 0.00593. The van der Waals surface area contributed by atoms with Crippen LogP contribution in [-0.4, -0.2) is 35.3 Å². The fourth-order valence-electron chi connectivity index (χ4n) is 4.38. The zero-order chi connectivity index (χ0) is 14.5. The zero-order valence-electron chi connectivity index (χ0n) is 12.8. The predicted molar refractivity (Wildman–Crippen MR) is 77.0 cm³/mol. The summed E-state index contributed by atoms with van der Waals surface area (Å²) in [6.45, 7) is 7.52. The molecule has 0 aromatic heterocycles. The van der Waals surface area contributed by atoms with Crippen molar-refractivity contribution in [3.8, 4) is 0 Å². The highest BCUT2D eigenvalue weighted by molar-refractivity contribution is 5.99. The second kappa shape index (κ2) is 4.83. The molecule has 0 radical (unpaired) electrons. The van der Waals surface area contributed by atoms with Crippen molar-refractivity contribution in [1.29, 1.82) is 0 Å². The van der Waals surface area contributed by atoms with Crippen LogP contribution in [-0.2, 0) is 9.59 Å². The highest BCUT2D eigenvalue weighted by Crippen LogP contribution is 2.50. The molecular weight excluding hydrogens is 252 g/mol. The molecule has 2 saturated heterocycles. The van der Waals surface area contributed by atoms with Gasteiger partial charge in [0.2, 0.25) is 11.8 Å². The summed E-state index contributed by atoms with van der Waals surface area (Å²) >= 11 is 0. The Kier molecular flexibility index (Phi) is 3.39. The van der Waals surface area contributed by atoms with Gasteiger partial charge in [0.25, 0.3) is 0 Å². The zero-order valence-corrected chi connectivity index (χ0v) is 12.8. The standard InChI is InChI=1S/C16H26N2O2/c1-10(2)6-13-15(20)17-14(19)8-16(13)7-11(3)18(9-16)12-4-5-12/h10-13H,4-9H2,1-3H3,(H,17,19,20). The lowest BCUT2D eigenvalue weighted by atomic mass is 9.66. The van der Waals surface area contributed by atoms with E-state index in [9.17, 15) is 9.59 Å². The van der Waals surface area contributed by atoms with Gasteiger partial charge >= 0.3 is 0 Å². The lowest BCUT2D eigenvalue weighted by Gasteiger charge is -2.40. The van der Waals surface area contributed by atoms with E-state index in [0.29, 0.717) is 24.4 Å². The molecule has 3 unspecified atom stereocenters. The maximum absolute atomic E-state index is 12.3. The van der Waals surface area contributed by atoms with Gasteiger partial charge in [0.1, 0.15) is 0 Å². The van der Waals surface area contributed by atoms with Crippen LogP contribution in [0.15, 0.2) is 0 Å². The first kappa shape index (κ1) is 14.1. The van der Waals surface area contributed by atoms with Crippen LogP contribution in [0.3, 0.4) is 0 Å². The number of carbonyl (C=O) groups is 2. The lowest BCUT2D eigenvalue weighted by molar-refractivity contribution is -0.144. The summed E-state index contributed by atoms with van der Waals surface area (Å²) in [5, 5.41) is 2.56. The minimum atomic E-state index is -0.105. The first-order valence-electron chi connectivity index (χ1n) is 8.01. The van der Waals surface area contributed by atoms with E-state index in [0.717, 1.165) is 19.4 Å². The predicted octanol–water partition coefficient (Wildman–Crippen LogP) is 1.94. The Labute approximate surface area is 121 Å². The number of nitrogens with one attached hydrogen (secondary N) is 1. The molecule has 1 aliphatic carbocycles. The van der Waals surface area contributed by atoms with Crippen molar-refractivity contribution in [2.24, 2.45) is 17.3 Å². The summed E-state index contributed by atoms with van der Waals surface area (Å²) in [6.07, 6.45) is 5.00. The number of likely N-dealkylation sites (tertiary alicyclic amines) is 1. The summed E-state index contributed by atoms with van der Waals surface area (Å²) in [5.74, 6) is 0.396. The third-order valence-electron chi connectivity index (χ3n) is 5.32. The number of carbonyl (C=O) groups excluding carboxylic acids is 2. The third-order valence-corrected chi connectivity index (χ3v) is 5.32. The number of hydrogen-bond donors (Lipinski definition) is 1. The van der Waals surface area contributed by atoms with Crippen LogP contribution in [0.25, 0.3) is 0 Å². The number of piperidine rings is 1. The fraction of sp³-hybridized carbons (Fsp3) is 0.875. The second-order valence-electron chi connectivity index (χ2n) is 7.59. The van der Waals surface area contributed by atoms with Crippen LogP contribution >= 0.6 is 0 Å². The largest absolute Gasteiger partial charge is 0.297 e. The van der Waals surface area contributed by atoms with Gasteiger partial charge in [-0.2, -0.15) is 0 Å². The van der Waals surface area contributed by atoms with Crippen molar-refractivity contribution in [1.82, 2.24) is 10.2 Å². The van der Waals surface area contributed by atoms with Gasteiger partial charge in [-0.25, -0.2) is 0 Å². The smallest absolute Gasteiger partial charge is 0.230 e. The molecule has 4 nitrogen and oxygen atoms in total. The van der Waals surface area contributed by atoms with Crippen molar-refractivity contribution in [2.75, 3.05) is 6.54 Å². The highest BCUT2D eigenvalue weighted by atomic mass is 16.2. The molecular formula is C16H26N2O2. The molecule has 2 aliphatic heterocycles. The molecule has 1 saturated carbocycles. The van der Waals surface area contributed by atoms with Crippen molar-refractivity contribution in [3.05, 3.63) is 0 Å². The molecule has 3 aliphatic rings. The van der Waals surface area contributed by atoms with E-state index >= 15 is 0 Å². The average molecular weight is 278 g/mol. The van der Waals surface area contributed by atoms with Crippen molar-refractivity contribution >= 4 is 11.8 Å². The Morgan fingerprint density at radius 3 is 2.65 bits per heavy atom. The van der Waals surface area contributed by atoms with Gasteiger partial charge < -0.3 is 0 Å². The molecule has 0 bridgehead atoms. The van der Waals surface area contributed by atoms with Gasteiger partial charge in [0.15, 0.2) is 0 Å².